The second kappa shape index (κ2) is 7.75. The van der Waals surface area contributed by atoms with Crippen molar-refractivity contribution in [3.63, 3.8) is 0 Å². The third kappa shape index (κ3) is 3.77. The first-order valence-electron chi connectivity index (χ1n) is 8.37. The van der Waals surface area contributed by atoms with Crippen molar-refractivity contribution >= 4 is 39.9 Å². The molecule has 0 aromatic carbocycles. The van der Waals surface area contributed by atoms with Crippen LogP contribution in [0.5, 0.6) is 5.75 Å². The zero-order valence-corrected chi connectivity index (χ0v) is 16.0. The van der Waals surface area contributed by atoms with Crippen molar-refractivity contribution in [1.29, 1.82) is 0 Å². The maximum absolute atomic E-state index is 12.6. The Morgan fingerprint density at radius 1 is 1.41 bits per heavy atom. The molecule has 0 bridgehead atoms. The Hall–Kier alpha value is -2.94. The van der Waals surface area contributed by atoms with E-state index in [4.69, 9.17) is 9.47 Å². The lowest BCUT2D eigenvalue weighted by molar-refractivity contribution is -0.123. The second-order valence-electron chi connectivity index (χ2n) is 5.85. The monoisotopic (exact) mass is 389 g/mol. The summed E-state index contributed by atoms with van der Waals surface area (Å²) in [7, 11) is 0. The summed E-state index contributed by atoms with van der Waals surface area (Å²) in [4.78, 5) is 43.3. The lowest BCUT2D eigenvalue weighted by atomic mass is 10.1. The first-order valence-corrected chi connectivity index (χ1v) is 9.19. The van der Waals surface area contributed by atoms with E-state index in [0.29, 0.717) is 22.1 Å². The van der Waals surface area contributed by atoms with E-state index >= 15 is 0 Å². The molecule has 142 valence electrons. The third-order valence-corrected chi connectivity index (χ3v) is 5.20. The number of pyridine rings is 1. The van der Waals surface area contributed by atoms with Gasteiger partial charge in [-0.1, -0.05) is 0 Å². The number of carbonyl (C=O) groups excluding carboxylic acids is 3. The van der Waals surface area contributed by atoms with Crippen LogP contribution in [0.15, 0.2) is 18.3 Å². The van der Waals surface area contributed by atoms with E-state index in [9.17, 15) is 14.4 Å². The standard InChI is InChI=1S/C18H19N3O5S/c1-4-25-18(24)15-10(2)11(3)27-17(15)20-13(22)8-21-14(23)9-26-12-6-5-7-19-16(12)21/h5-7H,4,8-9H2,1-3H3,(H,20,22). The van der Waals surface area contributed by atoms with Gasteiger partial charge in [0.1, 0.15) is 11.5 Å². The van der Waals surface area contributed by atoms with Gasteiger partial charge in [0.15, 0.2) is 18.2 Å². The molecule has 0 unspecified atom stereocenters. The van der Waals surface area contributed by atoms with Crippen molar-refractivity contribution in [3.05, 3.63) is 34.3 Å². The maximum atomic E-state index is 12.6. The largest absolute Gasteiger partial charge is 0.480 e. The van der Waals surface area contributed by atoms with Crippen LogP contribution in [0.1, 0.15) is 27.7 Å². The molecule has 0 saturated carbocycles. The highest BCUT2D eigenvalue weighted by Gasteiger charge is 2.29. The molecule has 2 aromatic rings. The molecular formula is C18H19N3O5S. The predicted molar refractivity (Wildman–Crippen MR) is 100 cm³/mol. The van der Waals surface area contributed by atoms with Gasteiger partial charge in [-0.15, -0.1) is 11.3 Å². The zero-order valence-electron chi connectivity index (χ0n) is 15.2. The highest BCUT2D eigenvalue weighted by molar-refractivity contribution is 7.16. The smallest absolute Gasteiger partial charge is 0.341 e. The molecule has 3 heterocycles. The molecule has 1 N–H and O–H groups in total. The summed E-state index contributed by atoms with van der Waals surface area (Å²) in [6, 6.07) is 3.38. The fraction of sp³-hybridized carbons (Fsp3) is 0.333. The Morgan fingerprint density at radius 3 is 2.93 bits per heavy atom. The molecule has 3 rings (SSSR count). The van der Waals surface area contributed by atoms with Crippen molar-refractivity contribution in [2.45, 2.75) is 20.8 Å². The number of ether oxygens (including phenoxy) is 2. The second-order valence-corrected chi connectivity index (χ2v) is 7.07. The number of nitrogens with one attached hydrogen (secondary N) is 1. The van der Waals surface area contributed by atoms with Crippen LogP contribution in [-0.4, -0.2) is 42.5 Å². The fourth-order valence-electron chi connectivity index (χ4n) is 2.67. The first-order chi connectivity index (χ1) is 12.9. The summed E-state index contributed by atoms with van der Waals surface area (Å²) in [6.07, 6.45) is 1.52. The Balaban J connectivity index is 1.80. The number of thiophene rings is 1. The molecule has 8 nitrogen and oxygen atoms in total. The summed E-state index contributed by atoms with van der Waals surface area (Å²) in [5.74, 6) is -0.536. The maximum Gasteiger partial charge on any atom is 0.341 e. The number of carbonyl (C=O) groups is 3. The van der Waals surface area contributed by atoms with Crippen molar-refractivity contribution in [2.75, 3.05) is 30.0 Å². The number of fused-ring (bicyclic) bond motifs is 1. The number of amides is 2. The van der Waals surface area contributed by atoms with Crippen LogP contribution in [0.3, 0.4) is 0 Å². The van der Waals surface area contributed by atoms with E-state index in [1.165, 1.54) is 22.4 Å². The molecule has 0 aliphatic carbocycles. The van der Waals surface area contributed by atoms with Crippen molar-refractivity contribution in [2.24, 2.45) is 0 Å². The average Bonchev–Trinajstić information content (AvgIpc) is 2.91. The minimum atomic E-state index is -0.482. The molecule has 0 saturated heterocycles. The average molecular weight is 389 g/mol. The zero-order chi connectivity index (χ0) is 19.6. The van der Waals surface area contributed by atoms with Crippen molar-refractivity contribution in [3.8, 4) is 5.75 Å². The van der Waals surface area contributed by atoms with Gasteiger partial charge in [-0.25, -0.2) is 9.78 Å². The number of rotatable bonds is 5. The quantitative estimate of drug-likeness (QED) is 0.788. The molecule has 9 heteroatoms. The highest BCUT2D eigenvalue weighted by Crippen LogP contribution is 2.33. The summed E-state index contributed by atoms with van der Waals surface area (Å²) in [5, 5.41) is 3.14. The molecule has 1 aliphatic rings. The number of anilines is 2. The van der Waals surface area contributed by atoms with E-state index in [2.05, 4.69) is 10.3 Å². The fourth-order valence-corrected chi connectivity index (χ4v) is 3.73. The SMILES string of the molecule is CCOC(=O)c1c(NC(=O)CN2C(=O)COc3cccnc32)sc(C)c1C. The first kappa shape index (κ1) is 18.8. The van der Waals surface area contributed by atoms with E-state index in [1.807, 2.05) is 6.92 Å². The van der Waals surface area contributed by atoms with E-state index in [-0.39, 0.29) is 25.7 Å². The highest BCUT2D eigenvalue weighted by atomic mass is 32.1. The predicted octanol–water partition coefficient (Wildman–Crippen LogP) is 2.30. The Morgan fingerprint density at radius 2 is 2.19 bits per heavy atom. The van der Waals surface area contributed by atoms with E-state index < -0.39 is 11.9 Å². The molecule has 0 fully saturated rings. The summed E-state index contributed by atoms with van der Waals surface area (Å²) < 4.78 is 10.4. The topological polar surface area (TPSA) is 97.8 Å². The van der Waals surface area contributed by atoms with Gasteiger partial charge in [-0.2, -0.15) is 0 Å². The number of aryl methyl sites for hydroxylation is 1. The number of esters is 1. The van der Waals surface area contributed by atoms with Crippen LogP contribution in [0.4, 0.5) is 10.8 Å². The Kier molecular flexibility index (Phi) is 5.41. The van der Waals surface area contributed by atoms with Gasteiger partial charge in [-0.3, -0.25) is 14.5 Å². The number of nitrogens with zero attached hydrogens (tertiary/aromatic N) is 2. The minimum absolute atomic E-state index is 0.155. The van der Waals surface area contributed by atoms with Gasteiger partial charge in [0.25, 0.3) is 5.91 Å². The summed E-state index contributed by atoms with van der Waals surface area (Å²) in [6.45, 7) is 5.25. The molecule has 2 amide bonds. The van der Waals surface area contributed by atoms with Gasteiger partial charge in [-0.05, 0) is 38.5 Å². The van der Waals surface area contributed by atoms with Crippen LogP contribution < -0.4 is 15.0 Å². The Labute approximate surface area is 160 Å². The van der Waals surface area contributed by atoms with Gasteiger partial charge < -0.3 is 14.8 Å². The Bertz CT molecular complexity index is 908. The van der Waals surface area contributed by atoms with E-state index in [0.717, 1.165) is 10.4 Å². The van der Waals surface area contributed by atoms with Crippen molar-refractivity contribution < 1.29 is 23.9 Å². The lowest BCUT2D eigenvalue weighted by Gasteiger charge is -2.27. The molecule has 2 aromatic heterocycles. The van der Waals surface area contributed by atoms with Gasteiger partial charge >= 0.3 is 5.97 Å². The molecule has 0 radical (unpaired) electrons. The minimum Gasteiger partial charge on any atom is -0.480 e. The molecular weight excluding hydrogens is 370 g/mol. The van der Waals surface area contributed by atoms with Crippen LogP contribution in [0, 0.1) is 13.8 Å². The van der Waals surface area contributed by atoms with Crippen molar-refractivity contribution in [1.82, 2.24) is 4.98 Å². The molecule has 27 heavy (non-hydrogen) atoms. The molecule has 0 atom stereocenters. The van der Waals surface area contributed by atoms with Gasteiger partial charge in [0.2, 0.25) is 5.91 Å². The molecule has 0 spiro atoms. The number of aromatic nitrogens is 1. The van der Waals surface area contributed by atoms with Crippen LogP contribution in [0.25, 0.3) is 0 Å². The summed E-state index contributed by atoms with van der Waals surface area (Å²) >= 11 is 1.30. The number of hydrogen-bond acceptors (Lipinski definition) is 7. The van der Waals surface area contributed by atoms with Crippen LogP contribution >= 0.6 is 11.3 Å². The third-order valence-electron chi connectivity index (χ3n) is 4.08. The molecule has 1 aliphatic heterocycles. The van der Waals surface area contributed by atoms with E-state index in [1.54, 1.807) is 26.0 Å². The van der Waals surface area contributed by atoms with Gasteiger partial charge in [0.05, 0.1) is 12.2 Å². The lowest BCUT2D eigenvalue weighted by Crippen LogP contribution is -2.44. The van der Waals surface area contributed by atoms with Crippen LogP contribution in [-0.2, 0) is 14.3 Å². The summed E-state index contributed by atoms with van der Waals surface area (Å²) in [5.41, 5.74) is 1.11. The number of hydrogen-bond donors (Lipinski definition) is 1. The normalized spacial score (nSPS) is 13.0. The van der Waals surface area contributed by atoms with Crippen LogP contribution in [0.2, 0.25) is 0 Å². The van der Waals surface area contributed by atoms with Gasteiger partial charge in [0, 0.05) is 11.1 Å².